The lowest BCUT2D eigenvalue weighted by Gasteiger charge is -2.41. The van der Waals surface area contributed by atoms with E-state index in [0.29, 0.717) is 12.6 Å². The number of hydrogen-bond acceptors (Lipinski definition) is 5. The van der Waals surface area contributed by atoms with E-state index in [1.54, 1.807) is 5.06 Å². The Morgan fingerprint density at radius 2 is 2.25 bits per heavy atom. The summed E-state index contributed by atoms with van der Waals surface area (Å²) in [4.78, 5) is 23.6. The Morgan fingerprint density at radius 1 is 1.33 bits per heavy atom. The first-order valence-corrected chi connectivity index (χ1v) is 9.87. The molecule has 132 valence electrons. The van der Waals surface area contributed by atoms with Gasteiger partial charge in [-0.15, -0.1) is 11.3 Å². The van der Waals surface area contributed by atoms with Gasteiger partial charge in [0.1, 0.15) is 0 Å². The Kier molecular flexibility index (Phi) is 4.90. The fourth-order valence-corrected chi connectivity index (χ4v) is 5.07. The van der Waals surface area contributed by atoms with Crippen molar-refractivity contribution in [3.8, 4) is 0 Å². The molecule has 3 atom stereocenters. The summed E-state index contributed by atoms with van der Waals surface area (Å²) in [6.07, 6.45) is 4.20. The van der Waals surface area contributed by atoms with E-state index in [4.69, 9.17) is 9.57 Å². The fourth-order valence-electron chi connectivity index (χ4n) is 4.16. The van der Waals surface area contributed by atoms with Crippen LogP contribution in [0, 0.1) is 12.8 Å². The number of hydrogen-bond donors (Lipinski definition) is 0. The molecule has 0 aliphatic carbocycles. The molecule has 1 amide bonds. The standard InChI is InChI=1S/C18H26N2O3S/c1-13-4-5-15(24-13)12-19-11-14(10-17-16(19)6-9-22-17)18(21)20-7-2-3-8-23-20/h4-5,14,16-17H,2-3,6-12H2,1H3/t14-,16+,17+/m1/s1. The van der Waals surface area contributed by atoms with Gasteiger partial charge < -0.3 is 4.74 Å². The van der Waals surface area contributed by atoms with E-state index < -0.39 is 0 Å². The van der Waals surface area contributed by atoms with Gasteiger partial charge in [0.2, 0.25) is 0 Å². The van der Waals surface area contributed by atoms with Crippen LogP contribution in [0.2, 0.25) is 0 Å². The highest BCUT2D eigenvalue weighted by Gasteiger charge is 2.43. The molecule has 0 bridgehead atoms. The van der Waals surface area contributed by atoms with Crippen LogP contribution in [-0.2, 0) is 20.9 Å². The normalized spacial score (nSPS) is 31.2. The molecule has 3 aliphatic rings. The van der Waals surface area contributed by atoms with Gasteiger partial charge in [0, 0.05) is 42.0 Å². The average molecular weight is 350 g/mol. The highest BCUT2D eigenvalue weighted by molar-refractivity contribution is 7.11. The second-order valence-corrected chi connectivity index (χ2v) is 8.49. The molecule has 0 spiro atoms. The molecule has 1 aromatic rings. The highest BCUT2D eigenvalue weighted by Crippen LogP contribution is 2.34. The maximum absolute atomic E-state index is 12.9. The molecule has 4 rings (SSSR count). The van der Waals surface area contributed by atoms with Crippen LogP contribution in [0.15, 0.2) is 12.1 Å². The summed E-state index contributed by atoms with van der Waals surface area (Å²) in [5.41, 5.74) is 0. The first-order chi connectivity index (χ1) is 11.7. The van der Waals surface area contributed by atoms with Crippen molar-refractivity contribution >= 4 is 17.2 Å². The molecular weight excluding hydrogens is 324 g/mol. The zero-order valence-electron chi connectivity index (χ0n) is 14.3. The smallest absolute Gasteiger partial charge is 0.250 e. The monoisotopic (exact) mass is 350 g/mol. The molecule has 6 heteroatoms. The zero-order valence-corrected chi connectivity index (χ0v) is 15.1. The number of carbonyl (C=O) groups is 1. The minimum Gasteiger partial charge on any atom is -0.377 e. The Bertz CT molecular complexity index is 585. The van der Waals surface area contributed by atoms with Crippen molar-refractivity contribution in [1.82, 2.24) is 9.96 Å². The molecule has 3 aliphatic heterocycles. The van der Waals surface area contributed by atoms with E-state index in [1.807, 2.05) is 11.3 Å². The SMILES string of the molecule is Cc1ccc(CN2C[C@H](C(=O)N3CCCCO3)C[C@@H]3OCC[C@@H]32)s1. The summed E-state index contributed by atoms with van der Waals surface area (Å²) < 4.78 is 5.95. The first-order valence-electron chi connectivity index (χ1n) is 9.06. The van der Waals surface area contributed by atoms with E-state index >= 15 is 0 Å². The van der Waals surface area contributed by atoms with Crippen molar-refractivity contribution in [2.24, 2.45) is 5.92 Å². The number of rotatable bonds is 3. The Morgan fingerprint density at radius 3 is 3.00 bits per heavy atom. The maximum Gasteiger partial charge on any atom is 0.250 e. The van der Waals surface area contributed by atoms with Gasteiger partial charge >= 0.3 is 0 Å². The molecule has 3 saturated heterocycles. The molecular formula is C18H26N2O3S. The van der Waals surface area contributed by atoms with Crippen LogP contribution < -0.4 is 0 Å². The van der Waals surface area contributed by atoms with Crippen molar-refractivity contribution < 1.29 is 14.4 Å². The van der Waals surface area contributed by atoms with E-state index in [9.17, 15) is 4.79 Å². The van der Waals surface area contributed by atoms with E-state index in [2.05, 4.69) is 24.0 Å². The third kappa shape index (κ3) is 3.38. The highest BCUT2D eigenvalue weighted by atomic mass is 32.1. The van der Waals surface area contributed by atoms with Gasteiger partial charge in [-0.3, -0.25) is 14.5 Å². The summed E-state index contributed by atoms with van der Waals surface area (Å²) in [6.45, 7) is 6.10. The average Bonchev–Trinajstić information content (AvgIpc) is 3.24. The van der Waals surface area contributed by atoms with Crippen LogP contribution in [-0.4, -0.2) is 54.3 Å². The van der Waals surface area contributed by atoms with Crippen LogP contribution in [0.4, 0.5) is 0 Å². The second kappa shape index (κ2) is 7.12. The number of ether oxygens (including phenoxy) is 1. The van der Waals surface area contributed by atoms with Gasteiger partial charge in [0.15, 0.2) is 0 Å². The summed E-state index contributed by atoms with van der Waals surface area (Å²) in [5, 5.41) is 1.61. The van der Waals surface area contributed by atoms with Crippen LogP contribution >= 0.6 is 11.3 Å². The quantitative estimate of drug-likeness (QED) is 0.840. The van der Waals surface area contributed by atoms with Crippen molar-refractivity contribution in [2.45, 2.75) is 51.3 Å². The van der Waals surface area contributed by atoms with Crippen LogP contribution in [0.1, 0.15) is 35.4 Å². The summed E-state index contributed by atoms with van der Waals surface area (Å²) in [6, 6.07) is 4.85. The Labute approximate surface area is 147 Å². The third-order valence-electron chi connectivity index (χ3n) is 5.37. The van der Waals surface area contributed by atoms with E-state index in [1.165, 1.54) is 9.75 Å². The van der Waals surface area contributed by atoms with Crippen molar-refractivity contribution in [2.75, 3.05) is 26.3 Å². The van der Waals surface area contributed by atoms with Crippen LogP contribution in [0.3, 0.4) is 0 Å². The molecule has 0 unspecified atom stereocenters. The zero-order chi connectivity index (χ0) is 16.5. The number of carbonyl (C=O) groups excluding carboxylic acids is 1. The number of piperidine rings is 1. The van der Waals surface area contributed by atoms with Crippen molar-refractivity contribution in [1.29, 1.82) is 0 Å². The largest absolute Gasteiger partial charge is 0.377 e. The van der Waals surface area contributed by atoms with Gasteiger partial charge in [-0.1, -0.05) is 0 Å². The minimum absolute atomic E-state index is 0.0106. The Balaban J connectivity index is 1.47. The van der Waals surface area contributed by atoms with Crippen molar-refractivity contribution in [3.05, 3.63) is 21.9 Å². The fraction of sp³-hybridized carbons (Fsp3) is 0.722. The lowest BCUT2D eigenvalue weighted by Crippen LogP contribution is -2.53. The number of nitrogens with zero attached hydrogens (tertiary/aromatic N) is 2. The first kappa shape index (κ1) is 16.5. The molecule has 0 N–H and O–H groups in total. The number of thiophene rings is 1. The molecule has 0 radical (unpaired) electrons. The number of amides is 1. The van der Waals surface area contributed by atoms with E-state index in [0.717, 1.165) is 51.9 Å². The summed E-state index contributed by atoms with van der Waals surface area (Å²) in [5.74, 6) is 0.138. The van der Waals surface area contributed by atoms with Crippen LogP contribution in [0.25, 0.3) is 0 Å². The topological polar surface area (TPSA) is 42.0 Å². The minimum atomic E-state index is -0.0106. The van der Waals surface area contributed by atoms with Gasteiger partial charge in [0.25, 0.3) is 5.91 Å². The third-order valence-corrected chi connectivity index (χ3v) is 6.35. The number of aryl methyl sites for hydroxylation is 1. The lowest BCUT2D eigenvalue weighted by molar-refractivity contribution is -0.204. The Hall–Kier alpha value is -0.950. The molecule has 0 aromatic carbocycles. The molecule has 4 heterocycles. The van der Waals surface area contributed by atoms with Gasteiger partial charge in [-0.25, -0.2) is 5.06 Å². The predicted octanol–water partition coefficient (Wildman–Crippen LogP) is 2.59. The summed E-state index contributed by atoms with van der Waals surface area (Å²) in [7, 11) is 0. The second-order valence-electron chi connectivity index (χ2n) is 7.12. The van der Waals surface area contributed by atoms with Crippen molar-refractivity contribution in [3.63, 3.8) is 0 Å². The van der Waals surface area contributed by atoms with Crippen LogP contribution in [0.5, 0.6) is 0 Å². The van der Waals surface area contributed by atoms with Gasteiger partial charge in [-0.2, -0.15) is 0 Å². The number of hydroxylamine groups is 2. The maximum atomic E-state index is 12.9. The van der Waals surface area contributed by atoms with Gasteiger partial charge in [-0.05, 0) is 44.7 Å². The molecule has 1 aromatic heterocycles. The van der Waals surface area contributed by atoms with Gasteiger partial charge in [0.05, 0.1) is 18.6 Å². The molecule has 3 fully saturated rings. The lowest BCUT2D eigenvalue weighted by atomic mass is 9.89. The molecule has 0 saturated carbocycles. The van der Waals surface area contributed by atoms with E-state index in [-0.39, 0.29) is 17.9 Å². The number of likely N-dealkylation sites (tertiary alicyclic amines) is 1. The molecule has 5 nitrogen and oxygen atoms in total. The summed E-state index contributed by atoms with van der Waals surface area (Å²) >= 11 is 1.85. The predicted molar refractivity (Wildman–Crippen MR) is 92.6 cm³/mol. The number of fused-ring (bicyclic) bond motifs is 1. The molecule has 24 heavy (non-hydrogen) atoms.